The number of carboxylic acid groups (broad SMARTS) is 1. The number of nitrogens with two attached hydrogens (primary N) is 1. The molecule has 2 aromatic heterocycles. The zero-order chi connectivity index (χ0) is 17.8. The van der Waals surface area contributed by atoms with Crippen molar-refractivity contribution in [2.45, 2.75) is 25.8 Å². The highest BCUT2D eigenvalue weighted by Crippen LogP contribution is 2.26. The largest absolute Gasteiger partial charge is 0.490 e. The predicted octanol–water partition coefficient (Wildman–Crippen LogP) is 3.14. The van der Waals surface area contributed by atoms with Crippen LogP contribution < -0.4 is 5.73 Å². The molecule has 0 amide bonds. The van der Waals surface area contributed by atoms with E-state index in [1.54, 1.807) is 11.3 Å². The van der Waals surface area contributed by atoms with E-state index < -0.39 is 20.2 Å². The van der Waals surface area contributed by atoms with E-state index in [1.807, 2.05) is 5.38 Å². The number of carboxylic acids is 1. The number of aliphatic carboxylic acids is 1. The van der Waals surface area contributed by atoms with Crippen LogP contribution in [0.15, 0.2) is 11.7 Å². The molecule has 0 radical (unpaired) electrons. The van der Waals surface area contributed by atoms with Crippen LogP contribution in [0.1, 0.15) is 5.56 Å². The number of nitrogen functional groups attached to an aromatic ring is 1. The molecule has 2 heterocycles. The summed E-state index contributed by atoms with van der Waals surface area (Å²) in [5.74, 6) is 0.992. The van der Waals surface area contributed by atoms with Gasteiger partial charge >= 0.3 is 12.1 Å². The number of thiophene rings is 1. The number of nitrogens with zero attached hydrogens (tertiary/aromatic N) is 2. The van der Waals surface area contributed by atoms with E-state index in [1.165, 1.54) is 6.33 Å². The van der Waals surface area contributed by atoms with Crippen molar-refractivity contribution in [3.8, 4) is 11.5 Å². The molecule has 0 saturated heterocycles. The second-order valence-electron chi connectivity index (χ2n) is 5.39. The lowest BCUT2D eigenvalue weighted by molar-refractivity contribution is -0.192. The molecule has 2 aromatic rings. The summed E-state index contributed by atoms with van der Waals surface area (Å²) in [6, 6.07) is 0. The third-order valence-electron chi connectivity index (χ3n) is 2.20. The molecule has 0 aliphatic heterocycles. The molecule has 0 bridgehead atoms. The first kappa shape index (κ1) is 18.9. The minimum Gasteiger partial charge on any atom is -0.475 e. The van der Waals surface area contributed by atoms with Crippen LogP contribution in [0.3, 0.4) is 0 Å². The lowest BCUT2D eigenvalue weighted by Gasteiger charge is -2.02. The number of fused-ring (bicyclic) bond motifs is 1. The fourth-order valence-corrected chi connectivity index (χ4v) is 2.58. The van der Waals surface area contributed by atoms with Crippen molar-refractivity contribution >= 4 is 41.4 Å². The third-order valence-corrected chi connectivity index (χ3v) is 4.06. The standard InChI is InChI=1S/C11H13N3SSi.C2HF3O2/c1-16(2,3)5-4-8-6-15-10-9(8)13-7-14-11(10)12;3-2(4,5)1(6)7/h6-7H,1-3H3,(H2,12,13,14);(H,6,7). The molecule has 10 heteroatoms. The third kappa shape index (κ3) is 5.88. The van der Waals surface area contributed by atoms with Crippen molar-refractivity contribution in [1.29, 1.82) is 0 Å². The Morgan fingerprint density at radius 3 is 2.39 bits per heavy atom. The maximum absolute atomic E-state index is 10.6. The van der Waals surface area contributed by atoms with Gasteiger partial charge in [0.25, 0.3) is 0 Å². The summed E-state index contributed by atoms with van der Waals surface area (Å²) in [6.07, 6.45) is -3.59. The first-order valence-corrected chi connectivity index (χ1v) is 10.6. The van der Waals surface area contributed by atoms with Crippen molar-refractivity contribution in [3.05, 3.63) is 17.3 Å². The molecule has 0 aromatic carbocycles. The Bertz CT molecular complexity index is 773. The van der Waals surface area contributed by atoms with E-state index in [0.29, 0.717) is 5.82 Å². The second-order valence-corrected chi connectivity index (χ2v) is 11.0. The molecule has 0 atom stereocenters. The topological polar surface area (TPSA) is 89.1 Å². The number of halogens is 3. The van der Waals surface area contributed by atoms with Crippen LogP contribution in [-0.2, 0) is 4.79 Å². The van der Waals surface area contributed by atoms with Gasteiger partial charge < -0.3 is 10.8 Å². The van der Waals surface area contributed by atoms with Gasteiger partial charge in [-0.1, -0.05) is 25.6 Å². The van der Waals surface area contributed by atoms with Gasteiger partial charge in [-0.05, 0) is 0 Å². The number of rotatable bonds is 0. The molecular weight excluding hydrogens is 347 g/mol. The number of carbonyl (C=O) groups is 1. The van der Waals surface area contributed by atoms with E-state index in [0.717, 1.165) is 15.8 Å². The van der Waals surface area contributed by atoms with Crippen LogP contribution in [0.4, 0.5) is 19.0 Å². The van der Waals surface area contributed by atoms with Gasteiger partial charge in [-0.15, -0.1) is 16.9 Å². The Morgan fingerprint density at radius 2 is 1.91 bits per heavy atom. The Morgan fingerprint density at radius 1 is 1.35 bits per heavy atom. The van der Waals surface area contributed by atoms with Gasteiger partial charge in [0, 0.05) is 5.38 Å². The number of anilines is 1. The number of aromatic nitrogens is 2. The minimum absolute atomic E-state index is 0.538. The van der Waals surface area contributed by atoms with Gasteiger partial charge in [0.05, 0.1) is 10.3 Å². The fraction of sp³-hybridized carbons (Fsp3) is 0.308. The van der Waals surface area contributed by atoms with Crippen molar-refractivity contribution in [2.24, 2.45) is 0 Å². The summed E-state index contributed by atoms with van der Waals surface area (Å²) in [7, 11) is -1.35. The van der Waals surface area contributed by atoms with E-state index in [-0.39, 0.29) is 0 Å². The first-order valence-electron chi connectivity index (χ1n) is 6.23. The first-order chi connectivity index (χ1) is 10.4. The highest BCUT2D eigenvalue weighted by molar-refractivity contribution is 7.18. The molecule has 5 nitrogen and oxygen atoms in total. The van der Waals surface area contributed by atoms with Crippen LogP contribution in [0, 0.1) is 11.5 Å². The Labute approximate surface area is 135 Å². The zero-order valence-electron chi connectivity index (χ0n) is 12.5. The SMILES string of the molecule is C[Si](C)(C)C#Cc1csc2c(N)ncnc12.O=C(O)C(F)(F)F. The van der Waals surface area contributed by atoms with E-state index in [9.17, 15) is 13.2 Å². The van der Waals surface area contributed by atoms with Gasteiger partial charge in [-0.2, -0.15) is 13.2 Å². The molecular formula is C13H14F3N3O2SSi. The average molecular weight is 361 g/mol. The summed E-state index contributed by atoms with van der Waals surface area (Å²) < 4.78 is 32.7. The molecule has 23 heavy (non-hydrogen) atoms. The lowest BCUT2D eigenvalue weighted by atomic mass is 10.3. The summed E-state index contributed by atoms with van der Waals surface area (Å²) in [5.41, 5.74) is 10.9. The molecule has 2 rings (SSSR count). The maximum Gasteiger partial charge on any atom is 0.490 e. The van der Waals surface area contributed by atoms with Crippen LogP contribution in [0.25, 0.3) is 10.2 Å². The molecule has 0 aliphatic carbocycles. The summed E-state index contributed by atoms with van der Waals surface area (Å²) in [4.78, 5) is 17.1. The highest BCUT2D eigenvalue weighted by atomic mass is 32.1. The molecule has 124 valence electrons. The zero-order valence-corrected chi connectivity index (χ0v) is 14.3. The van der Waals surface area contributed by atoms with Gasteiger partial charge in [-0.25, -0.2) is 14.8 Å². The summed E-state index contributed by atoms with van der Waals surface area (Å²) in [6.45, 7) is 6.66. The normalized spacial score (nSPS) is 11.2. The van der Waals surface area contributed by atoms with E-state index in [2.05, 4.69) is 41.1 Å². The van der Waals surface area contributed by atoms with Crippen molar-refractivity contribution < 1.29 is 23.1 Å². The average Bonchev–Trinajstić information content (AvgIpc) is 2.80. The molecule has 0 fully saturated rings. The Balaban J connectivity index is 0.000000322. The Kier molecular flexibility index (Phi) is 5.74. The molecule has 0 aliphatic rings. The lowest BCUT2D eigenvalue weighted by Crippen LogP contribution is -2.21. The molecule has 0 saturated carbocycles. The highest BCUT2D eigenvalue weighted by Gasteiger charge is 2.38. The molecule has 3 N–H and O–H groups in total. The second kappa shape index (κ2) is 6.97. The monoisotopic (exact) mass is 361 g/mol. The van der Waals surface area contributed by atoms with Gasteiger partial charge in [0.2, 0.25) is 0 Å². The summed E-state index contributed by atoms with van der Waals surface area (Å²) in [5, 5.41) is 9.13. The predicted molar refractivity (Wildman–Crippen MR) is 85.7 cm³/mol. The summed E-state index contributed by atoms with van der Waals surface area (Å²) >= 11 is 1.55. The molecule has 0 unspecified atom stereocenters. The van der Waals surface area contributed by atoms with Crippen LogP contribution >= 0.6 is 11.3 Å². The van der Waals surface area contributed by atoms with Crippen molar-refractivity contribution in [3.63, 3.8) is 0 Å². The van der Waals surface area contributed by atoms with E-state index in [4.69, 9.17) is 15.6 Å². The van der Waals surface area contributed by atoms with Gasteiger partial charge in [0.1, 0.15) is 25.7 Å². The smallest absolute Gasteiger partial charge is 0.475 e. The minimum atomic E-state index is -5.08. The molecule has 0 spiro atoms. The van der Waals surface area contributed by atoms with Crippen LogP contribution in [0.5, 0.6) is 0 Å². The van der Waals surface area contributed by atoms with Crippen molar-refractivity contribution in [1.82, 2.24) is 9.97 Å². The number of hydrogen-bond donors (Lipinski definition) is 2. The van der Waals surface area contributed by atoms with Gasteiger partial charge in [0.15, 0.2) is 0 Å². The van der Waals surface area contributed by atoms with E-state index >= 15 is 0 Å². The fourth-order valence-electron chi connectivity index (χ4n) is 1.21. The number of alkyl halides is 3. The van der Waals surface area contributed by atoms with Crippen molar-refractivity contribution in [2.75, 3.05) is 5.73 Å². The van der Waals surface area contributed by atoms with Crippen LogP contribution in [0.2, 0.25) is 19.6 Å². The number of hydrogen-bond acceptors (Lipinski definition) is 5. The van der Waals surface area contributed by atoms with Gasteiger partial charge in [-0.3, -0.25) is 0 Å². The Hall–Kier alpha value is -2.12. The quantitative estimate of drug-likeness (QED) is 0.556. The van der Waals surface area contributed by atoms with Crippen LogP contribution in [-0.4, -0.2) is 35.3 Å². The maximum atomic E-state index is 10.6.